The van der Waals surface area contributed by atoms with E-state index in [1.54, 1.807) is 0 Å². The van der Waals surface area contributed by atoms with Crippen LogP contribution in [-0.4, -0.2) is 43.6 Å². The number of aromatic nitrogens is 4. The molecule has 0 aromatic carbocycles. The average molecular weight is 362 g/mol. The number of aromatic amines is 1. The number of nitrogens with one attached hydrogen (secondary N) is 1. The number of piperidine rings is 1. The molecule has 1 atom stereocenters. The molecule has 1 saturated heterocycles. The van der Waals surface area contributed by atoms with Crippen molar-refractivity contribution in [2.75, 3.05) is 13.1 Å². The summed E-state index contributed by atoms with van der Waals surface area (Å²) in [5.74, 6) is 1.87. The summed E-state index contributed by atoms with van der Waals surface area (Å²) in [4.78, 5) is 15.3. The Morgan fingerprint density at radius 2 is 2.11 bits per heavy atom. The SMILES string of the molecule is CC(CC#N)N1CCC(n2c(C3CCC3)nc3cnc4[nH]ccc4c32)CC1. The molecule has 0 bridgehead atoms. The first kappa shape index (κ1) is 16.8. The normalized spacial score (nSPS) is 20.7. The lowest BCUT2D eigenvalue weighted by atomic mass is 9.84. The van der Waals surface area contributed by atoms with Crippen molar-refractivity contribution in [2.45, 2.75) is 63.5 Å². The molecule has 27 heavy (non-hydrogen) atoms. The van der Waals surface area contributed by atoms with Gasteiger partial charge in [0.15, 0.2) is 0 Å². The molecule has 3 aromatic heterocycles. The summed E-state index contributed by atoms with van der Waals surface area (Å²) in [6, 6.07) is 5.29. The van der Waals surface area contributed by atoms with Crippen molar-refractivity contribution in [3.63, 3.8) is 0 Å². The van der Waals surface area contributed by atoms with Crippen LogP contribution >= 0.6 is 0 Å². The molecular weight excluding hydrogens is 336 g/mol. The van der Waals surface area contributed by atoms with Gasteiger partial charge in [-0.3, -0.25) is 4.90 Å². The molecule has 1 aliphatic heterocycles. The summed E-state index contributed by atoms with van der Waals surface area (Å²) in [7, 11) is 0. The van der Waals surface area contributed by atoms with E-state index in [4.69, 9.17) is 10.2 Å². The van der Waals surface area contributed by atoms with E-state index >= 15 is 0 Å². The van der Waals surface area contributed by atoms with Crippen molar-refractivity contribution in [2.24, 2.45) is 0 Å². The Labute approximate surface area is 159 Å². The first-order valence-corrected chi connectivity index (χ1v) is 10.2. The van der Waals surface area contributed by atoms with Gasteiger partial charge in [0.1, 0.15) is 17.0 Å². The molecule has 4 heterocycles. The predicted molar refractivity (Wildman–Crippen MR) is 106 cm³/mol. The zero-order valence-corrected chi connectivity index (χ0v) is 15.9. The first-order valence-electron chi connectivity index (χ1n) is 10.2. The monoisotopic (exact) mass is 362 g/mol. The predicted octanol–water partition coefficient (Wildman–Crippen LogP) is 4.12. The van der Waals surface area contributed by atoms with Gasteiger partial charge in [0, 0.05) is 42.7 Å². The fourth-order valence-electron chi connectivity index (χ4n) is 4.78. The third-order valence-electron chi connectivity index (χ3n) is 6.61. The van der Waals surface area contributed by atoms with Gasteiger partial charge < -0.3 is 9.55 Å². The van der Waals surface area contributed by atoms with Gasteiger partial charge in [-0.1, -0.05) is 6.42 Å². The van der Waals surface area contributed by atoms with Crippen molar-refractivity contribution in [1.82, 2.24) is 24.4 Å². The summed E-state index contributed by atoms with van der Waals surface area (Å²) in [5, 5.41) is 10.2. The molecule has 1 N–H and O–H groups in total. The molecular formula is C21H26N6. The van der Waals surface area contributed by atoms with E-state index in [0.29, 0.717) is 24.4 Å². The van der Waals surface area contributed by atoms with Gasteiger partial charge in [-0.05, 0) is 38.7 Å². The van der Waals surface area contributed by atoms with Crippen LogP contribution in [-0.2, 0) is 0 Å². The maximum absolute atomic E-state index is 9.00. The second kappa shape index (κ2) is 6.65. The van der Waals surface area contributed by atoms with Crippen LogP contribution in [0.15, 0.2) is 18.5 Å². The lowest BCUT2D eigenvalue weighted by Gasteiger charge is -2.37. The molecule has 0 spiro atoms. The van der Waals surface area contributed by atoms with Gasteiger partial charge in [-0.15, -0.1) is 0 Å². The summed E-state index contributed by atoms with van der Waals surface area (Å²) in [5.41, 5.74) is 3.24. The highest BCUT2D eigenvalue weighted by molar-refractivity contribution is 6.01. The standard InChI is InChI=1S/C21H26N6/c1-14(5-9-22)26-11-7-16(8-12-26)27-19-17-6-10-23-20(17)24-13-18(19)25-21(27)15-3-2-4-15/h6,10,13-16H,2-5,7-8,11-12H2,1H3,(H,23,24). The minimum absolute atomic E-state index is 0.349. The molecule has 1 saturated carbocycles. The van der Waals surface area contributed by atoms with Crippen LogP contribution in [0.4, 0.5) is 0 Å². The highest BCUT2D eigenvalue weighted by Gasteiger charge is 2.32. The van der Waals surface area contributed by atoms with Crippen molar-refractivity contribution in [3.05, 3.63) is 24.3 Å². The number of nitrogens with zero attached hydrogens (tertiary/aromatic N) is 5. The quantitative estimate of drug-likeness (QED) is 0.758. The Bertz CT molecular complexity index is 997. The molecule has 140 valence electrons. The van der Waals surface area contributed by atoms with Gasteiger partial charge in [0.05, 0.1) is 24.2 Å². The molecule has 1 unspecified atom stereocenters. The number of hydrogen-bond donors (Lipinski definition) is 1. The van der Waals surface area contributed by atoms with E-state index < -0.39 is 0 Å². The van der Waals surface area contributed by atoms with Gasteiger partial charge in [0.25, 0.3) is 0 Å². The molecule has 5 rings (SSSR count). The number of pyridine rings is 1. The number of rotatable bonds is 4. The zero-order valence-electron chi connectivity index (χ0n) is 15.9. The molecule has 3 aromatic rings. The van der Waals surface area contributed by atoms with Crippen LogP contribution in [0.25, 0.3) is 22.1 Å². The molecule has 0 radical (unpaired) electrons. The number of imidazole rings is 1. The minimum atomic E-state index is 0.349. The fraction of sp³-hybridized carbons (Fsp3) is 0.571. The average Bonchev–Trinajstić information content (AvgIpc) is 3.24. The number of H-pyrrole nitrogens is 1. The van der Waals surface area contributed by atoms with Crippen LogP contribution in [0.2, 0.25) is 0 Å². The lowest BCUT2D eigenvalue weighted by molar-refractivity contribution is 0.144. The van der Waals surface area contributed by atoms with E-state index in [0.717, 1.165) is 37.1 Å². The summed E-state index contributed by atoms with van der Waals surface area (Å²) in [6.07, 6.45) is 10.6. The topological polar surface area (TPSA) is 73.5 Å². The molecule has 0 amide bonds. The van der Waals surface area contributed by atoms with E-state index in [9.17, 15) is 0 Å². The Balaban J connectivity index is 1.54. The smallest absolute Gasteiger partial charge is 0.139 e. The van der Waals surface area contributed by atoms with E-state index in [1.165, 1.54) is 36.0 Å². The second-order valence-electron chi connectivity index (χ2n) is 8.18. The van der Waals surface area contributed by atoms with Crippen molar-refractivity contribution < 1.29 is 0 Å². The Hall–Kier alpha value is -2.39. The highest BCUT2D eigenvalue weighted by atomic mass is 15.2. The molecule has 1 aliphatic carbocycles. The van der Waals surface area contributed by atoms with Gasteiger partial charge in [-0.25, -0.2) is 9.97 Å². The lowest BCUT2D eigenvalue weighted by Crippen LogP contribution is -2.40. The van der Waals surface area contributed by atoms with Crippen LogP contribution in [0, 0.1) is 11.3 Å². The Morgan fingerprint density at radius 1 is 1.30 bits per heavy atom. The fourth-order valence-corrected chi connectivity index (χ4v) is 4.78. The van der Waals surface area contributed by atoms with E-state index in [2.05, 4.69) is 38.5 Å². The second-order valence-corrected chi connectivity index (χ2v) is 8.18. The van der Waals surface area contributed by atoms with E-state index in [1.807, 2.05) is 12.4 Å². The largest absolute Gasteiger partial charge is 0.346 e. The first-order chi connectivity index (χ1) is 13.3. The third kappa shape index (κ3) is 2.72. The molecule has 6 heteroatoms. The summed E-state index contributed by atoms with van der Waals surface area (Å²) in [6.45, 7) is 4.28. The summed E-state index contributed by atoms with van der Waals surface area (Å²) >= 11 is 0. The highest BCUT2D eigenvalue weighted by Crippen LogP contribution is 2.41. The van der Waals surface area contributed by atoms with E-state index in [-0.39, 0.29) is 0 Å². The van der Waals surface area contributed by atoms with Crippen LogP contribution in [0.5, 0.6) is 0 Å². The Morgan fingerprint density at radius 3 is 2.81 bits per heavy atom. The Kier molecular flexibility index (Phi) is 4.13. The van der Waals surface area contributed by atoms with Crippen LogP contribution in [0.3, 0.4) is 0 Å². The van der Waals surface area contributed by atoms with Gasteiger partial charge >= 0.3 is 0 Å². The number of nitriles is 1. The minimum Gasteiger partial charge on any atom is -0.346 e. The van der Waals surface area contributed by atoms with Gasteiger partial charge in [0.2, 0.25) is 0 Å². The van der Waals surface area contributed by atoms with Gasteiger partial charge in [-0.2, -0.15) is 5.26 Å². The van der Waals surface area contributed by atoms with Crippen molar-refractivity contribution in [1.29, 1.82) is 5.26 Å². The number of fused-ring (bicyclic) bond motifs is 3. The van der Waals surface area contributed by atoms with Crippen molar-refractivity contribution >= 4 is 22.1 Å². The van der Waals surface area contributed by atoms with Crippen LogP contribution < -0.4 is 0 Å². The third-order valence-corrected chi connectivity index (χ3v) is 6.61. The maximum atomic E-state index is 9.00. The maximum Gasteiger partial charge on any atom is 0.139 e. The number of likely N-dealkylation sites (tertiary alicyclic amines) is 1. The summed E-state index contributed by atoms with van der Waals surface area (Å²) < 4.78 is 2.56. The molecule has 2 aliphatic rings. The molecule has 2 fully saturated rings. The number of hydrogen-bond acceptors (Lipinski definition) is 4. The zero-order chi connectivity index (χ0) is 18.4. The van der Waals surface area contributed by atoms with Crippen LogP contribution in [0.1, 0.15) is 63.2 Å². The molecule has 6 nitrogen and oxygen atoms in total. The van der Waals surface area contributed by atoms with Crippen molar-refractivity contribution in [3.8, 4) is 6.07 Å².